The number of hydrogen-bond acceptors (Lipinski definition) is 2. The number of carboxylic acids is 1. The van der Waals surface area contributed by atoms with Gasteiger partial charge in [0, 0.05) is 11.6 Å². The zero-order valence-corrected chi connectivity index (χ0v) is 11.2. The summed E-state index contributed by atoms with van der Waals surface area (Å²) in [6.07, 6.45) is 6.34. The smallest absolute Gasteiger partial charge is 0.354 e. The maximum absolute atomic E-state index is 12.2. The molecule has 0 radical (unpaired) electrons. The molecule has 1 aliphatic rings. The summed E-state index contributed by atoms with van der Waals surface area (Å²) in [7, 11) is 0. The Morgan fingerprint density at radius 2 is 1.89 bits per heavy atom. The van der Waals surface area contributed by atoms with Crippen molar-refractivity contribution in [3.8, 4) is 0 Å². The fraction of sp³-hybridized carbons (Fsp3) is 0.571. The molecule has 5 nitrogen and oxygen atoms in total. The van der Waals surface area contributed by atoms with Gasteiger partial charge in [-0.2, -0.15) is 0 Å². The largest absolute Gasteiger partial charge is 0.477 e. The van der Waals surface area contributed by atoms with Crippen LogP contribution < -0.4 is 5.32 Å². The van der Waals surface area contributed by atoms with Crippen LogP contribution in [0.2, 0.25) is 0 Å². The highest BCUT2D eigenvalue weighted by atomic mass is 16.4. The van der Waals surface area contributed by atoms with Crippen molar-refractivity contribution >= 4 is 17.6 Å². The Bertz CT molecular complexity index is 471. The molecule has 0 atom stereocenters. The summed E-state index contributed by atoms with van der Waals surface area (Å²) in [6, 6.07) is 1.66. The molecule has 2 rings (SSSR count). The standard InChI is InChI=1S/C14H20N2O3/c1-9-8-11(12(15-9)14(18)19)16-13(17)10-6-4-2-3-5-7-10/h8,10,15H,2-7H2,1H3,(H,16,17)(H,18,19). The van der Waals surface area contributed by atoms with Crippen molar-refractivity contribution < 1.29 is 14.7 Å². The number of H-pyrrole nitrogens is 1. The number of amides is 1. The van der Waals surface area contributed by atoms with Gasteiger partial charge in [-0.25, -0.2) is 4.79 Å². The second kappa shape index (κ2) is 5.91. The van der Waals surface area contributed by atoms with E-state index in [0.29, 0.717) is 5.69 Å². The molecule has 0 aliphatic heterocycles. The Labute approximate surface area is 112 Å². The van der Waals surface area contributed by atoms with Gasteiger partial charge < -0.3 is 15.4 Å². The van der Waals surface area contributed by atoms with Crippen LogP contribution in [-0.2, 0) is 4.79 Å². The lowest BCUT2D eigenvalue weighted by Gasteiger charge is -2.13. The number of aromatic nitrogens is 1. The van der Waals surface area contributed by atoms with E-state index in [1.807, 2.05) is 0 Å². The summed E-state index contributed by atoms with van der Waals surface area (Å²) < 4.78 is 0. The summed E-state index contributed by atoms with van der Waals surface area (Å²) in [4.78, 5) is 26.0. The van der Waals surface area contributed by atoms with E-state index in [9.17, 15) is 9.59 Å². The van der Waals surface area contributed by atoms with Crippen molar-refractivity contribution in [1.29, 1.82) is 0 Å². The van der Waals surface area contributed by atoms with Crippen LogP contribution in [0, 0.1) is 12.8 Å². The minimum atomic E-state index is -1.05. The van der Waals surface area contributed by atoms with Gasteiger partial charge in [0.2, 0.25) is 5.91 Å². The molecule has 19 heavy (non-hydrogen) atoms. The fourth-order valence-corrected chi connectivity index (χ4v) is 2.63. The minimum Gasteiger partial charge on any atom is -0.477 e. The third kappa shape index (κ3) is 3.36. The second-order valence-corrected chi connectivity index (χ2v) is 5.22. The lowest BCUT2D eigenvalue weighted by atomic mass is 9.99. The summed E-state index contributed by atoms with van der Waals surface area (Å²) in [6.45, 7) is 1.77. The van der Waals surface area contributed by atoms with Crippen molar-refractivity contribution in [2.45, 2.75) is 45.4 Å². The predicted molar refractivity (Wildman–Crippen MR) is 72.3 cm³/mol. The summed E-state index contributed by atoms with van der Waals surface area (Å²) >= 11 is 0. The molecule has 0 bridgehead atoms. The lowest BCUT2D eigenvalue weighted by molar-refractivity contribution is -0.120. The van der Waals surface area contributed by atoms with Crippen LogP contribution in [0.5, 0.6) is 0 Å². The number of rotatable bonds is 3. The number of aryl methyl sites for hydroxylation is 1. The Morgan fingerprint density at radius 1 is 1.26 bits per heavy atom. The van der Waals surface area contributed by atoms with E-state index in [1.165, 1.54) is 12.8 Å². The van der Waals surface area contributed by atoms with Crippen LogP contribution in [0.4, 0.5) is 5.69 Å². The van der Waals surface area contributed by atoms with Crippen molar-refractivity contribution in [2.75, 3.05) is 5.32 Å². The highest BCUT2D eigenvalue weighted by Gasteiger charge is 2.22. The van der Waals surface area contributed by atoms with Gasteiger partial charge in [0.15, 0.2) is 0 Å². The third-order valence-corrected chi connectivity index (χ3v) is 3.65. The van der Waals surface area contributed by atoms with Gasteiger partial charge >= 0.3 is 5.97 Å². The number of hydrogen-bond donors (Lipinski definition) is 3. The minimum absolute atomic E-state index is 0.0133. The van der Waals surface area contributed by atoms with Crippen molar-refractivity contribution in [1.82, 2.24) is 4.98 Å². The Morgan fingerprint density at radius 3 is 2.47 bits per heavy atom. The Kier molecular flexibility index (Phi) is 4.24. The average molecular weight is 264 g/mol. The fourth-order valence-electron chi connectivity index (χ4n) is 2.63. The van der Waals surface area contributed by atoms with Gasteiger partial charge in [-0.05, 0) is 25.8 Å². The summed E-state index contributed by atoms with van der Waals surface area (Å²) in [5, 5.41) is 11.8. The second-order valence-electron chi connectivity index (χ2n) is 5.22. The number of carboxylic acid groups (broad SMARTS) is 1. The first-order valence-corrected chi connectivity index (χ1v) is 6.81. The molecule has 1 aliphatic carbocycles. The molecule has 1 heterocycles. The number of carbonyl (C=O) groups excluding carboxylic acids is 1. The van der Waals surface area contributed by atoms with E-state index in [0.717, 1.165) is 31.4 Å². The first-order chi connectivity index (χ1) is 9.08. The number of nitrogens with one attached hydrogen (secondary N) is 2. The summed E-state index contributed by atoms with van der Waals surface area (Å²) in [5.74, 6) is -1.09. The molecular formula is C14H20N2O3. The lowest BCUT2D eigenvalue weighted by Crippen LogP contribution is -2.23. The van der Waals surface area contributed by atoms with Crippen LogP contribution in [0.25, 0.3) is 0 Å². The molecule has 0 unspecified atom stereocenters. The highest BCUT2D eigenvalue weighted by Crippen LogP contribution is 2.25. The average Bonchev–Trinajstić information content (AvgIpc) is 2.58. The molecule has 1 fully saturated rings. The maximum atomic E-state index is 12.2. The molecule has 1 amide bonds. The third-order valence-electron chi connectivity index (χ3n) is 3.65. The topological polar surface area (TPSA) is 82.2 Å². The maximum Gasteiger partial charge on any atom is 0.354 e. The molecule has 5 heteroatoms. The van der Waals surface area contributed by atoms with Crippen molar-refractivity contribution in [3.63, 3.8) is 0 Å². The Balaban J connectivity index is 2.07. The van der Waals surface area contributed by atoms with Gasteiger partial charge in [0.05, 0.1) is 5.69 Å². The first kappa shape index (κ1) is 13.6. The molecule has 0 saturated heterocycles. The molecular weight excluding hydrogens is 244 g/mol. The normalized spacial score (nSPS) is 16.9. The van der Waals surface area contributed by atoms with E-state index < -0.39 is 5.97 Å². The van der Waals surface area contributed by atoms with E-state index in [1.54, 1.807) is 13.0 Å². The highest BCUT2D eigenvalue weighted by molar-refractivity contribution is 6.00. The number of anilines is 1. The monoisotopic (exact) mass is 264 g/mol. The predicted octanol–water partition coefficient (Wildman–Crippen LogP) is 2.93. The summed E-state index contributed by atoms with van der Waals surface area (Å²) in [5.41, 5.74) is 1.16. The Hall–Kier alpha value is -1.78. The van der Waals surface area contributed by atoms with Crippen LogP contribution >= 0.6 is 0 Å². The number of aromatic carboxylic acids is 1. The molecule has 0 aromatic carbocycles. The molecule has 1 aromatic heterocycles. The quantitative estimate of drug-likeness (QED) is 0.734. The van der Waals surface area contributed by atoms with Crippen molar-refractivity contribution in [2.24, 2.45) is 5.92 Å². The van der Waals surface area contributed by atoms with Crippen LogP contribution in [0.3, 0.4) is 0 Å². The zero-order valence-electron chi connectivity index (χ0n) is 11.2. The van der Waals surface area contributed by atoms with E-state index in [2.05, 4.69) is 10.3 Å². The van der Waals surface area contributed by atoms with Gasteiger partial charge in [-0.3, -0.25) is 4.79 Å². The molecule has 104 valence electrons. The van der Waals surface area contributed by atoms with E-state index in [-0.39, 0.29) is 17.5 Å². The molecule has 1 aromatic rings. The van der Waals surface area contributed by atoms with Crippen molar-refractivity contribution in [3.05, 3.63) is 17.5 Å². The zero-order chi connectivity index (χ0) is 13.8. The van der Waals surface area contributed by atoms with Crippen LogP contribution in [0.15, 0.2) is 6.07 Å². The SMILES string of the molecule is Cc1cc(NC(=O)C2CCCCCC2)c(C(=O)O)[nH]1. The van der Waals surface area contributed by atoms with E-state index >= 15 is 0 Å². The van der Waals surface area contributed by atoms with E-state index in [4.69, 9.17) is 5.11 Å². The molecule has 0 spiro atoms. The number of aromatic amines is 1. The van der Waals surface area contributed by atoms with Gasteiger partial charge in [-0.15, -0.1) is 0 Å². The van der Waals surface area contributed by atoms with Gasteiger partial charge in [0.25, 0.3) is 0 Å². The number of carbonyl (C=O) groups is 2. The van der Waals surface area contributed by atoms with Crippen LogP contribution in [-0.4, -0.2) is 22.0 Å². The van der Waals surface area contributed by atoms with Gasteiger partial charge in [-0.1, -0.05) is 25.7 Å². The first-order valence-electron chi connectivity index (χ1n) is 6.81. The molecule has 3 N–H and O–H groups in total. The van der Waals surface area contributed by atoms with Gasteiger partial charge in [0.1, 0.15) is 5.69 Å². The van der Waals surface area contributed by atoms with Crippen LogP contribution in [0.1, 0.15) is 54.7 Å². The molecule has 1 saturated carbocycles.